The van der Waals surface area contributed by atoms with Crippen LogP contribution in [0.3, 0.4) is 0 Å². The van der Waals surface area contributed by atoms with E-state index in [9.17, 15) is 4.79 Å². The summed E-state index contributed by atoms with van der Waals surface area (Å²) in [7, 11) is 1.67. The first-order chi connectivity index (χ1) is 9.67. The lowest BCUT2D eigenvalue weighted by atomic mass is 9.99. The highest BCUT2D eigenvalue weighted by Crippen LogP contribution is 2.30. The van der Waals surface area contributed by atoms with E-state index in [0.717, 1.165) is 37.4 Å². The average Bonchev–Trinajstić information content (AvgIpc) is 2.89. The molecule has 1 unspecified atom stereocenters. The van der Waals surface area contributed by atoms with Crippen molar-refractivity contribution in [1.29, 1.82) is 0 Å². The van der Waals surface area contributed by atoms with Crippen molar-refractivity contribution in [1.82, 2.24) is 4.90 Å². The Bertz CT molecular complexity index is 515. The van der Waals surface area contributed by atoms with E-state index in [1.54, 1.807) is 7.11 Å². The number of amides is 1. The molecule has 20 heavy (non-hydrogen) atoms. The number of likely N-dealkylation sites (tertiary alicyclic amines) is 1. The minimum Gasteiger partial charge on any atom is -0.497 e. The molecule has 1 aromatic carbocycles. The van der Waals surface area contributed by atoms with Gasteiger partial charge in [-0.25, -0.2) is 0 Å². The average molecular weight is 274 g/mol. The smallest absolute Gasteiger partial charge is 0.245 e. The number of carbonyl (C=O) groups is 1. The number of carbonyl (C=O) groups excluding carboxylic acids is 1. The van der Waals surface area contributed by atoms with E-state index in [1.807, 2.05) is 23.1 Å². The molecule has 2 aliphatic heterocycles. The Morgan fingerprint density at radius 3 is 3.05 bits per heavy atom. The molecule has 4 heteroatoms. The number of methoxy groups -OCH3 is 1. The fraction of sp³-hybridized carbons (Fsp3) is 0.562. The second kappa shape index (κ2) is 5.35. The Morgan fingerprint density at radius 2 is 2.30 bits per heavy atom. The van der Waals surface area contributed by atoms with Crippen molar-refractivity contribution in [3.63, 3.8) is 0 Å². The fourth-order valence-electron chi connectivity index (χ4n) is 3.22. The Hall–Kier alpha value is -1.71. The lowest BCUT2D eigenvalue weighted by molar-refractivity contribution is -0.133. The summed E-state index contributed by atoms with van der Waals surface area (Å²) >= 11 is 0. The molecule has 1 fully saturated rings. The number of hydrogen-bond acceptors (Lipinski definition) is 3. The van der Waals surface area contributed by atoms with Gasteiger partial charge in [0.05, 0.1) is 7.11 Å². The molecule has 0 aromatic heterocycles. The van der Waals surface area contributed by atoms with Crippen molar-refractivity contribution in [2.45, 2.75) is 32.2 Å². The molecule has 1 N–H and O–H groups in total. The van der Waals surface area contributed by atoms with Gasteiger partial charge in [0, 0.05) is 25.2 Å². The van der Waals surface area contributed by atoms with E-state index in [-0.39, 0.29) is 11.9 Å². The molecule has 2 heterocycles. The minimum atomic E-state index is -0.109. The van der Waals surface area contributed by atoms with Crippen LogP contribution in [0.15, 0.2) is 18.2 Å². The van der Waals surface area contributed by atoms with Gasteiger partial charge in [-0.1, -0.05) is 6.92 Å². The third-order valence-electron chi connectivity index (χ3n) is 4.33. The summed E-state index contributed by atoms with van der Waals surface area (Å²) in [5.41, 5.74) is 2.24. The minimum absolute atomic E-state index is 0.109. The molecule has 0 radical (unpaired) electrons. The first kappa shape index (κ1) is 13.3. The van der Waals surface area contributed by atoms with E-state index in [0.29, 0.717) is 5.92 Å². The van der Waals surface area contributed by atoms with Gasteiger partial charge in [-0.05, 0) is 42.5 Å². The largest absolute Gasteiger partial charge is 0.497 e. The second-order valence-corrected chi connectivity index (χ2v) is 5.96. The van der Waals surface area contributed by atoms with Crippen LogP contribution in [0.25, 0.3) is 0 Å². The summed E-state index contributed by atoms with van der Waals surface area (Å²) in [4.78, 5) is 14.6. The summed E-state index contributed by atoms with van der Waals surface area (Å²) in [6.07, 6.45) is 3.12. The van der Waals surface area contributed by atoms with E-state index in [1.165, 1.54) is 12.0 Å². The molecule has 0 aliphatic carbocycles. The molecule has 0 bridgehead atoms. The van der Waals surface area contributed by atoms with Gasteiger partial charge in [0.2, 0.25) is 5.91 Å². The van der Waals surface area contributed by atoms with Crippen LogP contribution >= 0.6 is 0 Å². The zero-order valence-corrected chi connectivity index (χ0v) is 12.2. The van der Waals surface area contributed by atoms with Crippen molar-refractivity contribution < 1.29 is 9.53 Å². The lowest BCUT2D eigenvalue weighted by Crippen LogP contribution is -2.46. The molecule has 2 atom stereocenters. The first-order valence-corrected chi connectivity index (χ1v) is 7.39. The summed E-state index contributed by atoms with van der Waals surface area (Å²) in [5, 5.41) is 3.35. The number of nitrogens with one attached hydrogen (secondary N) is 1. The molecule has 1 aromatic rings. The highest BCUT2D eigenvalue weighted by Gasteiger charge is 2.32. The standard InChI is InChI=1S/C16H22N2O2/c1-11-4-3-7-18(10-11)16(19)15-9-12-8-13(20-2)5-6-14(12)17-15/h5-6,8,11,15,17H,3-4,7,9-10H2,1-2H3/t11-,15?/m0/s1. The number of nitrogens with zero attached hydrogens (tertiary/aromatic N) is 1. The van der Waals surface area contributed by atoms with E-state index in [4.69, 9.17) is 4.74 Å². The Labute approximate surface area is 120 Å². The highest BCUT2D eigenvalue weighted by molar-refractivity contribution is 5.87. The number of ether oxygens (including phenoxy) is 1. The summed E-state index contributed by atoms with van der Waals surface area (Å²) < 4.78 is 5.24. The van der Waals surface area contributed by atoms with Gasteiger partial charge in [-0.15, -0.1) is 0 Å². The van der Waals surface area contributed by atoms with Crippen LogP contribution in [0.1, 0.15) is 25.3 Å². The van der Waals surface area contributed by atoms with Crippen molar-refractivity contribution in [2.75, 3.05) is 25.5 Å². The molecule has 0 saturated carbocycles. The van der Waals surface area contributed by atoms with Gasteiger partial charge < -0.3 is 15.0 Å². The van der Waals surface area contributed by atoms with Crippen LogP contribution in [0.5, 0.6) is 5.75 Å². The summed E-state index contributed by atoms with van der Waals surface area (Å²) in [5.74, 6) is 1.72. The van der Waals surface area contributed by atoms with Crippen LogP contribution in [-0.2, 0) is 11.2 Å². The number of hydrogen-bond donors (Lipinski definition) is 1. The van der Waals surface area contributed by atoms with E-state index < -0.39 is 0 Å². The highest BCUT2D eigenvalue weighted by atomic mass is 16.5. The van der Waals surface area contributed by atoms with Crippen molar-refractivity contribution >= 4 is 11.6 Å². The molecule has 0 spiro atoms. The van der Waals surface area contributed by atoms with E-state index in [2.05, 4.69) is 12.2 Å². The van der Waals surface area contributed by atoms with Gasteiger partial charge in [0.25, 0.3) is 0 Å². The van der Waals surface area contributed by atoms with Gasteiger partial charge in [0.15, 0.2) is 0 Å². The first-order valence-electron chi connectivity index (χ1n) is 7.39. The predicted octanol–water partition coefficient (Wildman–Crippen LogP) is 2.29. The third kappa shape index (κ3) is 2.47. The molecule has 2 aliphatic rings. The zero-order chi connectivity index (χ0) is 14.1. The molecule has 4 nitrogen and oxygen atoms in total. The normalized spacial score (nSPS) is 25.0. The fourth-order valence-corrected chi connectivity index (χ4v) is 3.22. The van der Waals surface area contributed by atoms with Crippen molar-refractivity contribution in [2.24, 2.45) is 5.92 Å². The Kier molecular flexibility index (Phi) is 3.55. The number of benzene rings is 1. The van der Waals surface area contributed by atoms with Crippen LogP contribution in [0.2, 0.25) is 0 Å². The number of fused-ring (bicyclic) bond motifs is 1. The lowest BCUT2D eigenvalue weighted by Gasteiger charge is -2.32. The van der Waals surface area contributed by atoms with Gasteiger partial charge in [-0.3, -0.25) is 4.79 Å². The Balaban J connectivity index is 1.69. The van der Waals surface area contributed by atoms with E-state index >= 15 is 0 Å². The third-order valence-corrected chi connectivity index (χ3v) is 4.33. The SMILES string of the molecule is COc1ccc2c(c1)CC(C(=O)N1CCC[C@H](C)C1)N2. The summed E-state index contributed by atoms with van der Waals surface area (Å²) in [6, 6.07) is 5.85. The van der Waals surface area contributed by atoms with Gasteiger partial charge >= 0.3 is 0 Å². The molecule has 1 saturated heterocycles. The maximum Gasteiger partial charge on any atom is 0.245 e. The summed E-state index contributed by atoms with van der Waals surface area (Å²) in [6.45, 7) is 4.03. The predicted molar refractivity (Wildman–Crippen MR) is 79.1 cm³/mol. The maximum absolute atomic E-state index is 12.6. The molecule has 108 valence electrons. The van der Waals surface area contributed by atoms with Crippen LogP contribution in [0, 0.1) is 5.92 Å². The zero-order valence-electron chi connectivity index (χ0n) is 12.2. The molecular weight excluding hydrogens is 252 g/mol. The molecule has 1 amide bonds. The second-order valence-electron chi connectivity index (χ2n) is 5.96. The van der Waals surface area contributed by atoms with Crippen LogP contribution in [-0.4, -0.2) is 37.0 Å². The topological polar surface area (TPSA) is 41.6 Å². The Morgan fingerprint density at radius 1 is 1.45 bits per heavy atom. The van der Waals surface area contributed by atoms with Crippen molar-refractivity contribution in [3.8, 4) is 5.75 Å². The van der Waals surface area contributed by atoms with Gasteiger partial charge in [0.1, 0.15) is 11.8 Å². The van der Waals surface area contributed by atoms with Crippen LogP contribution < -0.4 is 10.1 Å². The van der Waals surface area contributed by atoms with Crippen LogP contribution in [0.4, 0.5) is 5.69 Å². The monoisotopic (exact) mass is 274 g/mol. The molecule has 3 rings (SSSR count). The quantitative estimate of drug-likeness (QED) is 0.899. The maximum atomic E-state index is 12.6. The van der Waals surface area contributed by atoms with Crippen molar-refractivity contribution in [3.05, 3.63) is 23.8 Å². The number of anilines is 1. The number of piperidine rings is 1. The molecular formula is C16H22N2O2. The van der Waals surface area contributed by atoms with Gasteiger partial charge in [-0.2, -0.15) is 0 Å². The number of rotatable bonds is 2.